The van der Waals surface area contributed by atoms with Crippen molar-refractivity contribution in [2.75, 3.05) is 6.54 Å². The summed E-state index contributed by atoms with van der Waals surface area (Å²) in [4.78, 5) is 25.1. The van der Waals surface area contributed by atoms with Crippen LogP contribution >= 0.6 is 11.8 Å². The third-order valence-electron chi connectivity index (χ3n) is 2.62. The van der Waals surface area contributed by atoms with Crippen molar-refractivity contribution < 1.29 is 19.8 Å². The van der Waals surface area contributed by atoms with Crippen LogP contribution in [0.15, 0.2) is 23.1 Å². The van der Waals surface area contributed by atoms with Gasteiger partial charge in [-0.15, -0.1) is 0 Å². The minimum absolute atomic E-state index is 0.226. The lowest BCUT2D eigenvalue weighted by atomic mass is 10.2. The second kappa shape index (κ2) is 5.36. The molecule has 1 aliphatic heterocycles. The molecule has 0 aliphatic carbocycles. The highest BCUT2D eigenvalue weighted by atomic mass is 32.2. The summed E-state index contributed by atoms with van der Waals surface area (Å²) in [6.07, 6.45) is 2.24. The molecule has 0 aromatic heterocycles. The number of benzene rings is 1. The molecule has 1 fully saturated rings. The van der Waals surface area contributed by atoms with Gasteiger partial charge in [0, 0.05) is 6.54 Å². The van der Waals surface area contributed by atoms with Crippen molar-refractivity contribution in [2.45, 2.75) is 13.3 Å². The molecule has 0 spiro atoms. The average Bonchev–Trinajstić information content (AvgIpc) is 2.62. The second-order valence-corrected chi connectivity index (χ2v) is 5.07. The number of nitrogens with zero attached hydrogens (tertiary/aromatic N) is 1. The van der Waals surface area contributed by atoms with Gasteiger partial charge < -0.3 is 10.2 Å². The van der Waals surface area contributed by atoms with Crippen LogP contribution in [0.25, 0.3) is 6.08 Å². The van der Waals surface area contributed by atoms with Crippen LogP contribution in [0.5, 0.6) is 11.5 Å². The molecule has 5 nitrogen and oxygen atoms in total. The van der Waals surface area contributed by atoms with E-state index in [-0.39, 0.29) is 22.6 Å². The SMILES string of the molecule is CCCN1C(=O)S/C(=C/c2ccc(O)c(O)c2)C1=O. The molecule has 6 heteroatoms. The maximum atomic E-state index is 12.0. The van der Waals surface area contributed by atoms with Crippen LogP contribution in [0.4, 0.5) is 4.79 Å². The zero-order valence-corrected chi connectivity index (χ0v) is 11.1. The van der Waals surface area contributed by atoms with Gasteiger partial charge in [0.15, 0.2) is 11.5 Å². The van der Waals surface area contributed by atoms with E-state index in [1.54, 1.807) is 6.07 Å². The van der Waals surface area contributed by atoms with Gasteiger partial charge in [0.25, 0.3) is 11.1 Å². The Morgan fingerprint density at radius 3 is 2.63 bits per heavy atom. The average molecular weight is 279 g/mol. The molecule has 0 atom stereocenters. The van der Waals surface area contributed by atoms with Gasteiger partial charge in [0.2, 0.25) is 0 Å². The number of rotatable bonds is 3. The number of phenols is 2. The third-order valence-corrected chi connectivity index (χ3v) is 3.53. The summed E-state index contributed by atoms with van der Waals surface area (Å²) in [5, 5.41) is 18.3. The topological polar surface area (TPSA) is 77.8 Å². The second-order valence-electron chi connectivity index (χ2n) is 4.08. The van der Waals surface area contributed by atoms with Crippen molar-refractivity contribution in [1.29, 1.82) is 0 Å². The Morgan fingerprint density at radius 1 is 1.26 bits per heavy atom. The van der Waals surface area contributed by atoms with Crippen molar-refractivity contribution in [3.8, 4) is 11.5 Å². The molecule has 1 aliphatic rings. The fraction of sp³-hybridized carbons (Fsp3) is 0.231. The van der Waals surface area contributed by atoms with E-state index in [1.165, 1.54) is 23.1 Å². The first-order valence-corrected chi connectivity index (χ1v) is 6.62. The van der Waals surface area contributed by atoms with Gasteiger partial charge in [-0.2, -0.15) is 0 Å². The molecule has 0 unspecified atom stereocenters. The first kappa shape index (κ1) is 13.5. The van der Waals surface area contributed by atoms with Crippen molar-refractivity contribution in [3.63, 3.8) is 0 Å². The van der Waals surface area contributed by atoms with Gasteiger partial charge in [0.1, 0.15) is 0 Å². The van der Waals surface area contributed by atoms with Crippen molar-refractivity contribution >= 4 is 29.0 Å². The highest BCUT2D eigenvalue weighted by molar-refractivity contribution is 8.18. The molecule has 2 rings (SSSR count). The van der Waals surface area contributed by atoms with Crippen LogP contribution in [-0.2, 0) is 4.79 Å². The van der Waals surface area contributed by atoms with E-state index in [0.717, 1.165) is 11.8 Å². The summed E-state index contributed by atoms with van der Waals surface area (Å²) in [5.74, 6) is -0.804. The summed E-state index contributed by atoms with van der Waals surface area (Å²) in [7, 11) is 0. The number of phenolic OH excluding ortho intramolecular Hbond substituents is 2. The van der Waals surface area contributed by atoms with E-state index < -0.39 is 0 Å². The Kier molecular flexibility index (Phi) is 3.80. The van der Waals surface area contributed by atoms with Crippen LogP contribution < -0.4 is 0 Å². The quantitative estimate of drug-likeness (QED) is 0.656. The standard InChI is InChI=1S/C13H13NO4S/c1-2-5-14-12(17)11(19-13(14)18)7-8-3-4-9(15)10(16)6-8/h3-4,6-7,15-16H,2,5H2,1H3/b11-7+. The molecular formula is C13H13NO4S. The lowest BCUT2D eigenvalue weighted by Crippen LogP contribution is -2.28. The van der Waals surface area contributed by atoms with Gasteiger partial charge in [-0.1, -0.05) is 13.0 Å². The number of hydrogen-bond acceptors (Lipinski definition) is 5. The molecule has 0 radical (unpaired) electrons. The lowest BCUT2D eigenvalue weighted by Gasteiger charge is -2.09. The molecule has 19 heavy (non-hydrogen) atoms. The third kappa shape index (κ3) is 2.73. The smallest absolute Gasteiger partial charge is 0.293 e. The van der Waals surface area contributed by atoms with Crippen LogP contribution in [0, 0.1) is 0 Å². The minimum atomic E-state index is -0.315. The number of thioether (sulfide) groups is 1. The molecule has 1 heterocycles. The molecule has 0 bridgehead atoms. The molecule has 0 saturated carbocycles. The Bertz CT molecular complexity index is 568. The van der Waals surface area contributed by atoms with E-state index >= 15 is 0 Å². The Hall–Kier alpha value is -1.95. The van der Waals surface area contributed by atoms with Gasteiger partial charge in [-0.3, -0.25) is 14.5 Å². The zero-order chi connectivity index (χ0) is 14.0. The maximum Gasteiger partial charge on any atom is 0.293 e. The number of amides is 2. The first-order chi connectivity index (χ1) is 9.02. The zero-order valence-electron chi connectivity index (χ0n) is 10.3. The molecule has 100 valence electrons. The van der Waals surface area contributed by atoms with E-state index in [1.807, 2.05) is 6.92 Å². The minimum Gasteiger partial charge on any atom is -0.504 e. The summed E-state index contributed by atoms with van der Waals surface area (Å²) in [6.45, 7) is 2.30. The van der Waals surface area contributed by atoms with Gasteiger partial charge in [0.05, 0.1) is 4.91 Å². The summed E-state index contributed by atoms with van der Waals surface area (Å²) in [5.41, 5.74) is 0.553. The first-order valence-electron chi connectivity index (χ1n) is 5.80. The number of imide groups is 1. The number of carbonyl (C=O) groups excluding carboxylic acids is 2. The predicted octanol–water partition coefficient (Wildman–Crippen LogP) is 2.54. The van der Waals surface area contributed by atoms with Gasteiger partial charge in [-0.05, 0) is 42.0 Å². The molecule has 1 aromatic carbocycles. The summed E-state index contributed by atoms with van der Waals surface area (Å²) in [6, 6.07) is 4.23. The van der Waals surface area contributed by atoms with E-state index in [9.17, 15) is 19.8 Å². The Balaban J connectivity index is 2.27. The lowest BCUT2D eigenvalue weighted by molar-refractivity contribution is -0.122. The van der Waals surface area contributed by atoms with Crippen LogP contribution in [0.1, 0.15) is 18.9 Å². The predicted molar refractivity (Wildman–Crippen MR) is 72.7 cm³/mol. The van der Waals surface area contributed by atoms with Crippen molar-refractivity contribution in [2.24, 2.45) is 0 Å². The molecule has 2 amide bonds. The normalized spacial score (nSPS) is 17.5. The Morgan fingerprint density at radius 2 is 2.00 bits per heavy atom. The molecule has 1 saturated heterocycles. The monoisotopic (exact) mass is 279 g/mol. The van der Waals surface area contributed by atoms with Gasteiger partial charge in [-0.25, -0.2) is 0 Å². The molecular weight excluding hydrogens is 266 g/mol. The van der Waals surface area contributed by atoms with E-state index in [0.29, 0.717) is 23.4 Å². The van der Waals surface area contributed by atoms with Crippen LogP contribution in [0.2, 0.25) is 0 Å². The fourth-order valence-electron chi connectivity index (χ4n) is 1.70. The Labute approximate surface area is 114 Å². The van der Waals surface area contributed by atoms with Crippen molar-refractivity contribution in [3.05, 3.63) is 28.7 Å². The number of aromatic hydroxyl groups is 2. The van der Waals surface area contributed by atoms with Gasteiger partial charge >= 0.3 is 0 Å². The fourth-order valence-corrected chi connectivity index (χ4v) is 2.56. The highest BCUT2D eigenvalue weighted by Gasteiger charge is 2.34. The largest absolute Gasteiger partial charge is 0.504 e. The highest BCUT2D eigenvalue weighted by Crippen LogP contribution is 2.33. The van der Waals surface area contributed by atoms with Crippen LogP contribution in [0.3, 0.4) is 0 Å². The summed E-state index contributed by atoms with van der Waals surface area (Å²) >= 11 is 0.881. The van der Waals surface area contributed by atoms with Crippen molar-refractivity contribution in [1.82, 2.24) is 4.90 Å². The van der Waals surface area contributed by atoms with E-state index in [2.05, 4.69) is 0 Å². The molecule has 2 N–H and O–H groups in total. The number of hydrogen-bond donors (Lipinski definition) is 2. The maximum absolute atomic E-state index is 12.0. The number of carbonyl (C=O) groups is 2. The van der Waals surface area contributed by atoms with Crippen LogP contribution in [-0.4, -0.2) is 32.8 Å². The molecule has 1 aromatic rings. The van der Waals surface area contributed by atoms with E-state index in [4.69, 9.17) is 0 Å². The summed E-state index contributed by atoms with van der Waals surface area (Å²) < 4.78 is 0.